The fourth-order valence-electron chi connectivity index (χ4n) is 2.70. The molecule has 2 nitrogen and oxygen atoms in total. The first kappa shape index (κ1) is 13.0. The minimum Gasteiger partial charge on any atom is -0.371 e. The Morgan fingerprint density at radius 1 is 1.20 bits per heavy atom. The van der Waals surface area contributed by atoms with Crippen molar-refractivity contribution in [3.05, 3.63) is 0 Å². The van der Waals surface area contributed by atoms with Crippen LogP contribution in [-0.4, -0.2) is 18.2 Å². The first-order valence-electron chi connectivity index (χ1n) is 6.37. The molecule has 0 aliphatic heterocycles. The fraction of sp³-hybridized carbons (Fsp3) is 1.00. The molecule has 0 radical (unpaired) electrons. The first-order valence-corrected chi connectivity index (χ1v) is 6.37. The monoisotopic (exact) mass is 213 g/mol. The van der Waals surface area contributed by atoms with Gasteiger partial charge in [0.05, 0.1) is 11.7 Å². The van der Waals surface area contributed by atoms with Crippen LogP contribution in [0.1, 0.15) is 53.4 Å². The van der Waals surface area contributed by atoms with E-state index in [4.69, 9.17) is 10.5 Å². The van der Waals surface area contributed by atoms with Gasteiger partial charge < -0.3 is 10.5 Å². The standard InChI is InChI=1S/C13H27NO/c1-10(2)12-5-7-13(9-14,8-6-12)15-11(3)4/h10-12H,5-9,14H2,1-4H3. The molecule has 0 atom stereocenters. The molecule has 0 saturated heterocycles. The van der Waals surface area contributed by atoms with Crippen LogP contribution in [0.4, 0.5) is 0 Å². The van der Waals surface area contributed by atoms with Crippen LogP contribution in [0.5, 0.6) is 0 Å². The van der Waals surface area contributed by atoms with Crippen molar-refractivity contribution in [1.29, 1.82) is 0 Å². The van der Waals surface area contributed by atoms with Gasteiger partial charge in [-0.1, -0.05) is 13.8 Å². The van der Waals surface area contributed by atoms with Crippen molar-refractivity contribution in [3.8, 4) is 0 Å². The van der Waals surface area contributed by atoms with Crippen LogP contribution >= 0.6 is 0 Å². The van der Waals surface area contributed by atoms with E-state index in [0.717, 1.165) is 24.7 Å². The van der Waals surface area contributed by atoms with Crippen molar-refractivity contribution in [2.24, 2.45) is 17.6 Å². The van der Waals surface area contributed by atoms with E-state index in [1.54, 1.807) is 0 Å². The van der Waals surface area contributed by atoms with Gasteiger partial charge in [-0.2, -0.15) is 0 Å². The number of ether oxygens (including phenoxy) is 1. The summed E-state index contributed by atoms with van der Waals surface area (Å²) >= 11 is 0. The SMILES string of the molecule is CC(C)OC1(CN)CCC(C(C)C)CC1. The molecule has 1 saturated carbocycles. The maximum Gasteiger partial charge on any atom is 0.0807 e. The number of rotatable bonds is 4. The summed E-state index contributed by atoms with van der Waals surface area (Å²) in [6.45, 7) is 9.53. The lowest BCUT2D eigenvalue weighted by Crippen LogP contribution is -2.46. The van der Waals surface area contributed by atoms with Crippen LogP contribution < -0.4 is 5.73 Å². The number of hydrogen-bond donors (Lipinski definition) is 1. The fourth-order valence-corrected chi connectivity index (χ4v) is 2.70. The van der Waals surface area contributed by atoms with E-state index >= 15 is 0 Å². The molecule has 0 bridgehead atoms. The molecule has 1 aliphatic rings. The molecular weight excluding hydrogens is 186 g/mol. The molecule has 2 heteroatoms. The van der Waals surface area contributed by atoms with Crippen LogP contribution in [0.15, 0.2) is 0 Å². The van der Waals surface area contributed by atoms with Gasteiger partial charge in [-0.25, -0.2) is 0 Å². The molecule has 0 spiro atoms. The summed E-state index contributed by atoms with van der Waals surface area (Å²) in [5.41, 5.74) is 5.87. The molecule has 2 N–H and O–H groups in total. The second kappa shape index (κ2) is 5.31. The summed E-state index contributed by atoms with van der Waals surface area (Å²) < 4.78 is 6.03. The van der Waals surface area contributed by atoms with Crippen molar-refractivity contribution in [2.75, 3.05) is 6.54 Å². The molecule has 15 heavy (non-hydrogen) atoms. The Balaban J connectivity index is 2.50. The molecule has 90 valence electrons. The molecule has 1 fully saturated rings. The summed E-state index contributed by atoms with van der Waals surface area (Å²) in [6, 6.07) is 0. The van der Waals surface area contributed by atoms with E-state index in [9.17, 15) is 0 Å². The quantitative estimate of drug-likeness (QED) is 0.779. The molecule has 0 aromatic heterocycles. The lowest BCUT2D eigenvalue weighted by atomic mass is 9.74. The minimum atomic E-state index is -0.0143. The van der Waals surface area contributed by atoms with E-state index in [-0.39, 0.29) is 5.60 Å². The Bertz CT molecular complexity index is 181. The summed E-state index contributed by atoms with van der Waals surface area (Å²) in [5.74, 6) is 1.68. The van der Waals surface area contributed by atoms with Crippen molar-refractivity contribution in [1.82, 2.24) is 0 Å². The van der Waals surface area contributed by atoms with Crippen LogP contribution in [0.3, 0.4) is 0 Å². The van der Waals surface area contributed by atoms with Crippen LogP contribution in [0.2, 0.25) is 0 Å². The topological polar surface area (TPSA) is 35.2 Å². The molecular formula is C13H27NO. The second-order valence-electron chi connectivity index (χ2n) is 5.64. The Morgan fingerprint density at radius 2 is 1.73 bits per heavy atom. The van der Waals surface area contributed by atoms with Crippen molar-refractivity contribution >= 4 is 0 Å². The van der Waals surface area contributed by atoms with E-state index < -0.39 is 0 Å². The molecule has 0 heterocycles. The second-order valence-corrected chi connectivity index (χ2v) is 5.64. The van der Waals surface area contributed by atoms with Gasteiger partial charge in [0.25, 0.3) is 0 Å². The van der Waals surface area contributed by atoms with Crippen molar-refractivity contribution in [2.45, 2.75) is 65.1 Å². The predicted octanol–water partition coefficient (Wildman–Crippen LogP) is 2.96. The predicted molar refractivity (Wildman–Crippen MR) is 64.8 cm³/mol. The maximum atomic E-state index is 6.03. The van der Waals surface area contributed by atoms with Crippen molar-refractivity contribution < 1.29 is 4.74 Å². The van der Waals surface area contributed by atoms with Crippen LogP contribution in [-0.2, 0) is 4.74 Å². The highest BCUT2D eigenvalue weighted by Gasteiger charge is 2.36. The van der Waals surface area contributed by atoms with Gasteiger partial charge in [0.2, 0.25) is 0 Å². The lowest BCUT2D eigenvalue weighted by molar-refractivity contribution is -0.103. The maximum absolute atomic E-state index is 6.03. The molecule has 1 aliphatic carbocycles. The smallest absolute Gasteiger partial charge is 0.0807 e. The van der Waals surface area contributed by atoms with Gasteiger partial charge in [0, 0.05) is 6.54 Å². The van der Waals surface area contributed by atoms with E-state index in [1.165, 1.54) is 12.8 Å². The Hall–Kier alpha value is -0.0800. The normalized spacial score (nSPS) is 32.6. The van der Waals surface area contributed by atoms with Crippen LogP contribution in [0, 0.1) is 11.8 Å². The van der Waals surface area contributed by atoms with E-state index in [1.807, 2.05) is 0 Å². The molecule has 0 aromatic rings. The Kier molecular flexibility index (Phi) is 4.60. The summed E-state index contributed by atoms with van der Waals surface area (Å²) in [7, 11) is 0. The van der Waals surface area contributed by atoms with E-state index in [2.05, 4.69) is 27.7 Å². The molecule has 0 amide bonds. The highest BCUT2D eigenvalue weighted by Crippen LogP contribution is 2.38. The minimum absolute atomic E-state index is 0.0143. The summed E-state index contributed by atoms with van der Waals surface area (Å²) in [4.78, 5) is 0. The largest absolute Gasteiger partial charge is 0.371 e. The molecule has 1 rings (SSSR count). The van der Waals surface area contributed by atoms with Gasteiger partial charge in [0.1, 0.15) is 0 Å². The third kappa shape index (κ3) is 3.46. The zero-order valence-corrected chi connectivity index (χ0v) is 10.8. The zero-order chi connectivity index (χ0) is 11.5. The highest BCUT2D eigenvalue weighted by molar-refractivity contribution is 4.89. The van der Waals surface area contributed by atoms with Gasteiger partial charge in [-0.05, 0) is 51.4 Å². The lowest BCUT2D eigenvalue weighted by Gasteiger charge is -2.41. The number of hydrogen-bond acceptors (Lipinski definition) is 2. The Labute approximate surface area is 94.6 Å². The van der Waals surface area contributed by atoms with Gasteiger partial charge in [-0.3, -0.25) is 0 Å². The summed E-state index contributed by atoms with van der Waals surface area (Å²) in [5, 5.41) is 0. The van der Waals surface area contributed by atoms with Crippen molar-refractivity contribution in [3.63, 3.8) is 0 Å². The van der Waals surface area contributed by atoms with Gasteiger partial charge in [0.15, 0.2) is 0 Å². The first-order chi connectivity index (χ1) is 6.99. The molecule has 0 unspecified atom stereocenters. The highest BCUT2D eigenvalue weighted by atomic mass is 16.5. The molecule has 0 aromatic carbocycles. The van der Waals surface area contributed by atoms with E-state index in [0.29, 0.717) is 12.6 Å². The third-order valence-electron chi connectivity index (χ3n) is 3.74. The Morgan fingerprint density at radius 3 is 2.07 bits per heavy atom. The van der Waals surface area contributed by atoms with Gasteiger partial charge in [-0.15, -0.1) is 0 Å². The average Bonchev–Trinajstić information content (AvgIpc) is 2.17. The van der Waals surface area contributed by atoms with Gasteiger partial charge >= 0.3 is 0 Å². The average molecular weight is 213 g/mol. The number of nitrogens with two attached hydrogens (primary N) is 1. The zero-order valence-electron chi connectivity index (χ0n) is 10.8. The third-order valence-corrected chi connectivity index (χ3v) is 3.74. The van der Waals surface area contributed by atoms with Crippen LogP contribution in [0.25, 0.3) is 0 Å². The summed E-state index contributed by atoms with van der Waals surface area (Å²) in [6.07, 6.45) is 5.14.